The molecule has 0 aliphatic carbocycles. The van der Waals surface area contributed by atoms with Crippen molar-refractivity contribution >= 4 is 5.96 Å². The van der Waals surface area contributed by atoms with E-state index in [1.807, 2.05) is 11.8 Å². The number of rotatable bonds is 3. The minimum absolute atomic E-state index is 0.391. The predicted molar refractivity (Wildman–Crippen MR) is 44.3 cm³/mol. The smallest absolute Gasteiger partial charge is 0.271 e. The number of guanidine groups is 1. The fourth-order valence-electron chi connectivity index (χ4n) is 1.18. The largest absolute Gasteiger partial charge is 0.349 e. The molecular weight excluding hydrogens is 160 g/mol. The lowest BCUT2D eigenvalue weighted by Gasteiger charge is -2.12. The molecule has 1 rings (SSSR count). The Kier molecular flexibility index (Phi) is 2.84. The maximum absolute atomic E-state index is 10.1. The van der Waals surface area contributed by atoms with Crippen LogP contribution in [0.2, 0.25) is 0 Å². The van der Waals surface area contributed by atoms with E-state index in [4.69, 9.17) is 0 Å². The third-order valence-corrected chi connectivity index (χ3v) is 1.63. The lowest BCUT2D eigenvalue weighted by molar-refractivity contribution is -0.485. The van der Waals surface area contributed by atoms with Gasteiger partial charge in [0.25, 0.3) is 5.96 Å². The summed E-state index contributed by atoms with van der Waals surface area (Å²) in [6.07, 6.45) is 0.971. The van der Waals surface area contributed by atoms with Crippen LogP contribution in [0.3, 0.4) is 0 Å². The summed E-state index contributed by atoms with van der Waals surface area (Å²) in [6.45, 7) is 4.40. The molecule has 1 aliphatic rings. The van der Waals surface area contributed by atoms with Gasteiger partial charge in [-0.05, 0) is 6.42 Å². The van der Waals surface area contributed by atoms with Crippen LogP contribution in [0.15, 0.2) is 5.10 Å². The zero-order valence-electron chi connectivity index (χ0n) is 6.99. The number of nitrogens with one attached hydrogen (secondary N) is 1. The summed E-state index contributed by atoms with van der Waals surface area (Å²) < 4.78 is 0. The molecule has 1 fully saturated rings. The van der Waals surface area contributed by atoms with Crippen molar-refractivity contribution in [2.24, 2.45) is 5.10 Å². The Morgan fingerprint density at radius 1 is 1.83 bits per heavy atom. The van der Waals surface area contributed by atoms with Crippen LogP contribution in [0.1, 0.15) is 13.3 Å². The van der Waals surface area contributed by atoms with E-state index in [0.717, 1.165) is 26.1 Å². The molecule has 12 heavy (non-hydrogen) atoms. The second-order valence-electron chi connectivity index (χ2n) is 2.58. The quantitative estimate of drug-likeness (QED) is 0.474. The van der Waals surface area contributed by atoms with E-state index in [2.05, 4.69) is 10.4 Å². The molecule has 0 radical (unpaired) electrons. The van der Waals surface area contributed by atoms with Crippen LogP contribution >= 0.6 is 0 Å². The molecule has 6 heteroatoms. The molecule has 0 atom stereocenters. The second kappa shape index (κ2) is 3.89. The zero-order chi connectivity index (χ0) is 8.97. The lowest BCUT2D eigenvalue weighted by atomic mass is 10.4. The first kappa shape index (κ1) is 8.76. The maximum Gasteiger partial charge on any atom is 0.271 e. The van der Waals surface area contributed by atoms with Gasteiger partial charge in [-0.15, -0.1) is 0 Å². The van der Waals surface area contributed by atoms with Gasteiger partial charge in [0.1, 0.15) is 5.10 Å². The van der Waals surface area contributed by atoms with Crippen LogP contribution < -0.4 is 5.32 Å². The second-order valence-corrected chi connectivity index (χ2v) is 2.58. The summed E-state index contributed by atoms with van der Waals surface area (Å²) in [6, 6.07) is 0. The van der Waals surface area contributed by atoms with E-state index >= 15 is 0 Å². The Bertz CT molecular complexity index is 204. The first-order valence-electron chi connectivity index (χ1n) is 3.96. The predicted octanol–water partition coefficient (Wildman–Crippen LogP) is -0.151. The van der Waals surface area contributed by atoms with Crippen molar-refractivity contribution in [1.82, 2.24) is 10.2 Å². The SMILES string of the molecule is CCCN1CCN/C1=N\[N+](=O)[O-]. The van der Waals surface area contributed by atoms with Gasteiger partial charge in [-0.3, -0.25) is 0 Å². The third-order valence-electron chi connectivity index (χ3n) is 1.63. The summed E-state index contributed by atoms with van der Waals surface area (Å²) in [5, 5.41) is 15.5. The van der Waals surface area contributed by atoms with E-state index in [-0.39, 0.29) is 0 Å². The molecule has 6 nitrogen and oxygen atoms in total. The summed E-state index contributed by atoms with van der Waals surface area (Å²) in [4.78, 5) is 11.9. The average molecular weight is 172 g/mol. The summed E-state index contributed by atoms with van der Waals surface area (Å²) in [7, 11) is 0. The van der Waals surface area contributed by atoms with Gasteiger partial charge in [-0.1, -0.05) is 6.92 Å². The molecule has 1 N–H and O–H groups in total. The molecule has 0 aromatic heterocycles. The zero-order valence-corrected chi connectivity index (χ0v) is 6.99. The van der Waals surface area contributed by atoms with Gasteiger partial charge < -0.3 is 10.2 Å². The first-order valence-corrected chi connectivity index (χ1v) is 3.96. The Balaban J connectivity index is 2.57. The highest BCUT2D eigenvalue weighted by Gasteiger charge is 2.19. The highest BCUT2D eigenvalue weighted by atomic mass is 16.7. The topological polar surface area (TPSA) is 70.8 Å². The Labute approximate surface area is 70.4 Å². The molecule has 0 unspecified atom stereocenters. The molecule has 1 saturated heterocycles. The Morgan fingerprint density at radius 3 is 3.17 bits per heavy atom. The standard InChI is InChI=1S/C6H12N4O2/c1-2-4-9-5-3-7-6(9)8-10(11)12/h2-5H2,1H3,(H,7,8). The van der Waals surface area contributed by atoms with Gasteiger partial charge in [-0.2, -0.15) is 0 Å². The molecule has 0 amide bonds. The maximum atomic E-state index is 10.1. The van der Waals surface area contributed by atoms with Crippen LogP contribution in [0.5, 0.6) is 0 Å². The van der Waals surface area contributed by atoms with Crippen molar-refractivity contribution in [1.29, 1.82) is 0 Å². The lowest BCUT2D eigenvalue weighted by Crippen LogP contribution is -2.31. The van der Waals surface area contributed by atoms with Gasteiger partial charge in [0, 0.05) is 19.6 Å². The molecule has 0 aromatic rings. The minimum Gasteiger partial charge on any atom is -0.349 e. The van der Waals surface area contributed by atoms with Crippen LogP contribution in [0.4, 0.5) is 0 Å². The van der Waals surface area contributed by atoms with Gasteiger partial charge in [0.2, 0.25) is 0 Å². The van der Waals surface area contributed by atoms with Gasteiger partial charge >= 0.3 is 0 Å². The Hall–Kier alpha value is -1.33. The fourth-order valence-corrected chi connectivity index (χ4v) is 1.18. The van der Waals surface area contributed by atoms with Crippen molar-refractivity contribution in [3.63, 3.8) is 0 Å². The van der Waals surface area contributed by atoms with Crippen molar-refractivity contribution in [3.05, 3.63) is 10.1 Å². The molecule has 1 aliphatic heterocycles. The van der Waals surface area contributed by atoms with Crippen molar-refractivity contribution in [3.8, 4) is 0 Å². The summed E-state index contributed by atoms with van der Waals surface area (Å²) in [5.41, 5.74) is 0. The highest BCUT2D eigenvalue weighted by Crippen LogP contribution is 1.98. The van der Waals surface area contributed by atoms with Gasteiger partial charge in [0.15, 0.2) is 5.03 Å². The molecule has 0 aromatic carbocycles. The minimum atomic E-state index is -0.670. The van der Waals surface area contributed by atoms with Crippen LogP contribution in [0, 0.1) is 10.1 Å². The molecule has 68 valence electrons. The van der Waals surface area contributed by atoms with E-state index in [0.29, 0.717) is 5.96 Å². The number of hydrazone groups is 1. The number of nitrogens with zero attached hydrogens (tertiary/aromatic N) is 3. The highest BCUT2D eigenvalue weighted by molar-refractivity contribution is 5.81. The molecular formula is C6H12N4O2. The molecule has 0 bridgehead atoms. The third kappa shape index (κ3) is 2.08. The first-order chi connectivity index (χ1) is 5.74. The van der Waals surface area contributed by atoms with E-state index in [1.54, 1.807) is 0 Å². The molecule has 0 spiro atoms. The van der Waals surface area contributed by atoms with Gasteiger partial charge in [0.05, 0.1) is 0 Å². The van der Waals surface area contributed by atoms with E-state index < -0.39 is 5.03 Å². The molecule has 1 heterocycles. The Morgan fingerprint density at radius 2 is 2.58 bits per heavy atom. The van der Waals surface area contributed by atoms with E-state index in [1.165, 1.54) is 0 Å². The summed E-state index contributed by atoms with van der Waals surface area (Å²) >= 11 is 0. The molecule has 0 saturated carbocycles. The summed E-state index contributed by atoms with van der Waals surface area (Å²) in [5.74, 6) is 0.391. The van der Waals surface area contributed by atoms with Gasteiger partial charge in [-0.25, -0.2) is 10.1 Å². The van der Waals surface area contributed by atoms with Crippen molar-refractivity contribution in [2.75, 3.05) is 19.6 Å². The number of hydrogen-bond donors (Lipinski definition) is 1. The average Bonchev–Trinajstić information content (AvgIpc) is 2.37. The normalized spacial score (nSPS) is 19.8. The van der Waals surface area contributed by atoms with Crippen molar-refractivity contribution in [2.45, 2.75) is 13.3 Å². The number of hydrogen-bond acceptors (Lipinski definition) is 2. The van der Waals surface area contributed by atoms with Crippen molar-refractivity contribution < 1.29 is 5.03 Å². The van der Waals surface area contributed by atoms with Crippen LogP contribution in [-0.2, 0) is 0 Å². The van der Waals surface area contributed by atoms with Crippen LogP contribution in [0.25, 0.3) is 0 Å². The number of nitro groups is 1. The fraction of sp³-hybridized carbons (Fsp3) is 0.833. The van der Waals surface area contributed by atoms with E-state index in [9.17, 15) is 10.1 Å². The van der Waals surface area contributed by atoms with Crippen LogP contribution in [-0.4, -0.2) is 35.5 Å². The monoisotopic (exact) mass is 172 g/mol.